The number of rotatable bonds is 4. The van der Waals surface area contributed by atoms with Crippen molar-refractivity contribution >= 4 is 21.8 Å². The molecule has 0 aliphatic carbocycles. The van der Waals surface area contributed by atoms with Gasteiger partial charge in [0.1, 0.15) is 5.75 Å². The van der Waals surface area contributed by atoms with E-state index in [1.807, 2.05) is 6.92 Å². The quantitative estimate of drug-likeness (QED) is 0.820. The molecule has 0 aromatic carbocycles. The largest absolute Gasteiger partial charge is 0.505 e. The lowest BCUT2D eigenvalue weighted by molar-refractivity contribution is 0.0937. The Hall–Kier alpha value is -1.10. The maximum absolute atomic E-state index is 11.7. The Labute approximate surface area is 96.8 Å². The maximum Gasteiger partial charge on any atom is 0.255 e. The van der Waals surface area contributed by atoms with Crippen LogP contribution in [0.1, 0.15) is 23.7 Å². The minimum Gasteiger partial charge on any atom is -0.505 e. The molecule has 82 valence electrons. The molecule has 1 unspecified atom stereocenters. The number of carbonyl (C=O) groups is 1. The van der Waals surface area contributed by atoms with Crippen LogP contribution in [-0.4, -0.2) is 27.4 Å². The van der Waals surface area contributed by atoms with Crippen molar-refractivity contribution in [2.24, 2.45) is 0 Å². The van der Waals surface area contributed by atoms with E-state index >= 15 is 0 Å². The number of nitrogens with one attached hydrogen (secondary N) is 1. The lowest BCUT2D eigenvalue weighted by Crippen LogP contribution is -2.35. The molecule has 2 N–H and O–H groups in total. The summed E-state index contributed by atoms with van der Waals surface area (Å²) in [5.74, 6) is -0.374. The van der Waals surface area contributed by atoms with E-state index in [1.165, 1.54) is 18.5 Å². The van der Waals surface area contributed by atoms with Crippen LogP contribution >= 0.6 is 15.9 Å². The van der Waals surface area contributed by atoms with Crippen LogP contribution in [0.4, 0.5) is 0 Å². The standard InChI is InChI=1S/C10H13BrN2O2/c1-2-7(5-11)13-10(15)8-3-4-12-6-9(8)14/h3-4,6-7,14H,2,5H2,1H3,(H,13,15). The van der Waals surface area contributed by atoms with Gasteiger partial charge in [-0.25, -0.2) is 0 Å². The molecule has 1 atom stereocenters. The van der Waals surface area contributed by atoms with Crippen molar-refractivity contribution < 1.29 is 9.90 Å². The Morgan fingerprint density at radius 1 is 1.73 bits per heavy atom. The predicted octanol–water partition coefficient (Wildman–Crippen LogP) is 1.69. The van der Waals surface area contributed by atoms with E-state index in [4.69, 9.17) is 0 Å². The second-order valence-corrected chi connectivity index (χ2v) is 3.77. The van der Waals surface area contributed by atoms with Crippen LogP contribution in [0.3, 0.4) is 0 Å². The van der Waals surface area contributed by atoms with Crippen molar-refractivity contribution in [3.05, 3.63) is 24.0 Å². The second kappa shape index (κ2) is 5.70. The Bertz CT molecular complexity index is 340. The van der Waals surface area contributed by atoms with Crippen LogP contribution in [0, 0.1) is 0 Å². The molecule has 0 aliphatic heterocycles. The van der Waals surface area contributed by atoms with Gasteiger partial charge in [-0.1, -0.05) is 22.9 Å². The van der Waals surface area contributed by atoms with Crippen LogP contribution in [0.2, 0.25) is 0 Å². The first-order valence-electron chi connectivity index (χ1n) is 4.68. The summed E-state index contributed by atoms with van der Waals surface area (Å²) in [7, 11) is 0. The molecule has 1 amide bonds. The van der Waals surface area contributed by atoms with Crippen molar-refractivity contribution in [1.82, 2.24) is 10.3 Å². The minimum atomic E-state index is -0.277. The van der Waals surface area contributed by atoms with E-state index < -0.39 is 0 Å². The fourth-order valence-corrected chi connectivity index (χ4v) is 1.71. The smallest absolute Gasteiger partial charge is 0.255 e. The van der Waals surface area contributed by atoms with Crippen LogP contribution in [0.25, 0.3) is 0 Å². The molecule has 0 bridgehead atoms. The lowest BCUT2D eigenvalue weighted by Gasteiger charge is -2.14. The third-order valence-electron chi connectivity index (χ3n) is 2.06. The van der Waals surface area contributed by atoms with E-state index in [9.17, 15) is 9.90 Å². The summed E-state index contributed by atoms with van der Waals surface area (Å²) in [6.07, 6.45) is 3.57. The topological polar surface area (TPSA) is 62.2 Å². The van der Waals surface area contributed by atoms with Gasteiger partial charge in [-0.3, -0.25) is 9.78 Å². The highest BCUT2D eigenvalue weighted by Gasteiger charge is 2.13. The highest BCUT2D eigenvalue weighted by Crippen LogP contribution is 2.13. The summed E-state index contributed by atoms with van der Waals surface area (Å²) in [6.45, 7) is 1.98. The SMILES string of the molecule is CCC(CBr)NC(=O)c1ccncc1O. The summed E-state index contributed by atoms with van der Waals surface area (Å²) >= 11 is 3.31. The van der Waals surface area contributed by atoms with E-state index in [1.54, 1.807) is 0 Å². The van der Waals surface area contributed by atoms with E-state index in [0.717, 1.165) is 6.42 Å². The molecular weight excluding hydrogens is 260 g/mol. The van der Waals surface area contributed by atoms with Crippen LogP contribution in [0.5, 0.6) is 5.75 Å². The zero-order valence-electron chi connectivity index (χ0n) is 8.40. The fraction of sp³-hybridized carbons (Fsp3) is 0.400. The number of nitrogens with zero attached hydrogens (tertiary/aromatic N) is 1. The summed E-state index contributed by atoms with van der Waals surface area (Å²) < 4.78 is 0. The van der Waals surface area contributed by atoms with Gasteiger partial charge in [-0.15, -0.1) is 0 Å². The molecular formula is C10H13BrN2O2. The summed E-state index contributed by atoms with van der Waals surface area (Å²) in [5, 5.41) is 12.9. The number of pyridine rings is 1. The summed E-state index contributed by atoms with van der Waals surface area (Å²) in [6, 6.07) is 1.57. The zero-order chi connectivity index (χ0) is 11.3. The Balaban J connectivity index is 2.73. The molecule has 1 heterocycles. The number of amides is 1. The van der Waals surface area contributed by atoms with Crippen molar-refractivity contribution in [2.75, 3.05) is 5.33 Å². The van der Waals surface area contributed by atoms with Crippen molar-refractivity contribution in [3.63, 3.8) is 0 Å². The molecule has 1 rings (SSSR count). The van der Waals surface area contributed by atoms with Crippen LogP contribution in [0.15, 0.2) is 18.5 Å². The zero-order valence-corrected chi connectivity index (χ0v) is 9.99. The molecule has 0 fully saturated rings. The van der Waals surface area contributed by atoms with Gasteiger partial charge in [-0.2, -0.15) is 0 Å². The molecule has 0 radical (unpaired) electrons. The number of carbonyl (C=O) groups excluding carboxylic acids is 1. The Morgan fingerprint density at radius 3 is 3.00 bits per heavy atom. The highest BCUT2D eigenvalue weighted by atomic mass is 79.9. The summed E-state index contributed by atoms with van der Waals surface area (Å²) in [4.78, 5) is 15.4. The van der Waals surface area contributed by atoms with Gasteiger partial charge in [-0.05, 0) is 12.5 Å². The maximum atomic E-state index is 11.7. The second-order valence-electron chi connectivity index (χ2n) is 3.13. The third-order valence-corrected chi connectivity index (χ3v) is 2.84. The number of alkyl halides is 1. The third kappa shape index (κ3) is 3.20. The highest BCUT2D eigenvalue weighted by molar-refractivity contribution is 9.09. The van der Waals surface area contributed by atoms with E-state index in [-0.39, 0.29) is 23.3 Å². The van der Waals surface area contributed by atoms with Crippen molar-refractivity contribution in [2.45, 2.75) is 19.4 Å². The van der Waals surface area contributed by atoms with Gasteiger partial charge in [0, 0.05) is 17.6 Å². The molecule has 0 aliphatic rings. The average Bonchev–Trinajstić information content (AvgIpc) is 2.26. The van der Waals surface area contributed by atoms with Gasteiger partial charge in [0.2, 0.25) is 0 Å². The van der Waals surface area contributed by atoms with Crippen LogP contribution < -0.4 is 5.32 Å². The molecule has 4 nitrogen and oxygen atoms in total. The number of aromatic nitrogens is 1. The number of hydrogen-bond donors (Lipinski definition) is 2. The predicted molar refractivity (Wildman–Crippen MR) is 61.2 cm³/mol. The van der Waals surface area contributed by atoms with Gasteiger partial charge in [0.05, 0.1) is 11.8 Å². The van der Waals surface area contributed by atoms with Gasteiger partial charge < -0.3 is 10.4 Å². The summed E-state index contributed by atoms with van der Waals surface area (Å²) in [5.41, 5.74) is 0.254. The molecule has 15 heavy (non-hydrogen) atoms. The van der Waals surface area contributed by atoms with E-state index in [0.29, 0.717) is 5.33 Å². The number of aromatic hydroxyl groups is 1. The number of halogens is 1. The normalized spacial score (nSPS) is 12.1. The first-order valence-corrected chi connectivity index (χ1v) is 5.81. The van der Waals surface area contributed by atoms with Crippen LogP contribution in [-0.2, 0) is 0 Å². The average molecular weight is 273 g/mol. The first kappa shape index (κ1) is 12.0. The minimum absolute atomic E-state index is 0.0741. The van der Waals surface area contributed by atoms with Gasteiger partial charge in [0.25, 0.3) is 5.91 Å². The molecule has 0 saturated heterocycles. The molecule has 0 saturated carbocycles. The fourth-order valence-electron chi connectivity index (χ4n) is 1.09. The van der Waals surface area contributed by atoms with Crippen molar-refractivity contribution in [1.29, 1.82) is 0 Å². The first-order chi connectivity index (χ1) is 7.19. The molecule has 5 heteroatoms. The number of hydrogen-bond acceptors (Lipinski definition) is 3. The van der Waals surface area contributed by atoms with E-state index in [2.05, 4.69) is 26.2 Å². The van der Waals surface area contributed by atoms with Crippen molar-refractivity contribution in [3.8, 4) is 5.75 Å². The van der Waals surface area contributed by atoms with Gasteiger partial charge >= 0.3 is 0 Å². The van der Waals surface area contributed by atoms with Gasteiger partial charge in [0.15, 0.2) is 0 Å². The Kier molecular flexibility index (Phi) is 4.55. The monoisotopic (exact) mass is 272 g/mol. The molecule has 1 aromatic rings. The molecule has 0 spiro atoms. The lowest BCUT2D eigenvalue weighted by atomic mass is 10.2. The molecule has 1 aromatic heterocycles. The Morgan fingerprint density at radius 2 is 2.47 bits per heavy atom.